The van der Waals surface area contributed by atoms with Crippen molar-refractivity contribution in [3.8, 4) is 0 Å². The van der Waals surface area contributed by atoms with Crippen molar-refractivity contribution in [1.82, 2.24) is 15.5 Å². The van der Waals surface area contributed by atoms with Crippen LogP contribution in [-0.4, -0.2) is 72.7 Å². The Kier molecular flexibility index (Phi) is 5.90. The molecule has 0 radical (unpaired) electrons. The molecule has 8 nitrogen and oxygen atoms in total. The quantitative estimate of drug-likeness (QED) is 0.465. The van der Waals surface area contributed by atoms with E-state index < -0.39 is 11.6 Å². The van der Waals surface area contributed by atoms with Crippen molar-refractivity contribution in [2.24, 2.45) is 0 Å². The first-order valence-corrected chi connectivity index (χ1v) is 6.40. The Morgan fingerprint density at radius 1 is 1.25 bits per heavy atom. The van der Waals surface area contributed by atoms with Crippen LogP contribution in [0.1, 0.15) is 13.8 Å². The average molecular weight is 287 g/mol. The predicted molar refractivity (Wildman–Crippen MR) is 70.1 cm³/mol. The summed E-state index contributed by atoms with van der Waals surface area (Å²) in [5, 5.41) is 13.8. The number of carbonyl (C=O) groups is 3. The lowest BCUT2D eigenvalue weighted by Gasteiger charge is -2.46. The monoisotopic (exact) mass is 287 g/mol. The number of hydrogen-bond acceptors (Lipinski definition) is 5. The molecule has 8 heteroatoms. The number of carboxylic acids is 1. The van der Waals surface area contributed by atoms with Crippen molar-refractivity contribution in [1.29, 1.82) is 0 Å². The Labute approximate surface area is 117 Å². The Morgan fingerprint density at radius 3 is 2.40 bits per heavy atom. The summed E-state index contributed by atoms with van der Waals surface area (Å²) < 4.78 is 5.24. The van der Waals surface area contributed by atoms with E-state index >= 15 is 0 Å². The summed E-state index contributed by atoms with van der Waals surface area (Å²) in [6.45, 7) is 5.00. The second-order valence-electron chi connectivity index (χ2n) is 5.11. The number of aliphatic carboxylic acids is 1. The van der Waals surface area contributed by atoms with E-state index in [2.05, 4.69) is 10.6 Å². The summed E-state index contributed by atoms with van der Waals surface area (Å²) in [5.74, 6) is -1.26. The Bertz CT molecular complexity index is 379. The van der Waals surface area contributed by atoms with Crippen molar-refractivity contribution >= 4 is 17.8 Å². The highest BCUT2D eigenvalue weighted by molar-refractivity contribution is 5.78. The molecule has 0 atom stereocenters. The molecule has 20 heavy (non-hydrogen) atoms. The van der Waals surface area contributed by atoms with Gasteiger partial charge in [0.1, 0.15) is 6.61 Å². The van der Waals surface area contributed by atoms with Crippen molar-refractivity contribution in [3.63, 3.8) is 0 Å². The van der Waals surface area contributed by atoms with Crippen molar-refractivity contribution in [3.05, 3.63) is 0 Å². The summed E-state index contributed by atoms with van der Waals surface area (Å²) in [4.78, 5) is 34.5. The highest BCUT2D eigenvalue weighted by Crippen LogP contribution is 2.23. The molecule has 1 aliphatic heterocycles. The van der Waals surface area contributed by atoms with Crippen molar-refractivity contribution < 1.29 is 24.2 Å². The van der Waals surface area contributed by atoms with Crippen LogP contribution in [0.5, 0.6) is 0 Å². The van der Waals surface area contributed by atoms with Gasteiger partial charge in [0, 0.05) is 33.1 Å². The van der Waals surface area contributed by atoms with Gasteiger partial charge < -0.3 is 20.5 Å². The number of amides is 2. The van der Waals surface area contributed by atoms with E-state index in [4.69, 9.17) is 9.84 Å². The molecular weight excluding hydrogens is 266 g/mol. The maximum atomic E-state index is 11.6. The van der Waals surface area contributed by atoms with Gasteiger partial charge in [-0.1, -0.05) is 0 Å². The van der Waals surface area contributed by atoms with E-state index in [1.807, 2.05) is 11.8 Å². The molecule has 3 N–H and O–H groups in total. The zero-order chi connectivity index (χ0) is 15.2. The lowest BCUT2D eigenvalue weighted by Crippen LogP contribution is -2.63. The van der Waals surface area contributed by atoms with Crippen LogP contribution in [0.2, 0.25) is 0 Å². The molecule has 1 aliphatic rings. The molecule has 1 saturated heterocycles. The molecule has 2 amide bonds. The topological polar surface area (TPSA) is 108 Å². The molecule has 0 aromatic carbocycles. The van der Waals surface area contributed by atoms with Crippen LogP contribution in [0, 0.1) is 0 Å². The van der Waals surface area contributed by atoms with Crippen LogP contribution in [-0.2, 0) is 19.1 Å². The Balaban J connectivity index is 2.10. The maximum Gasteiger partial charge on any atom is 0.329 e. The molecule has 0 saturated carbocycles. The first kappa shape index (κ1) is 16.4. The lowest BCUT2D eigenvalue weighted by atomic mass is 9.96. The van der Waals surface area contributed by atoms with Gasteiger partial charge in [-0.3, -0.25) is 14.5 Å². The predicted octanol–water partition coefficient (Wildman–Crippen LogP) is -1.59. The molecule has 1 fully saturated rings. The summed E-state index contributed by atoms with van der Waals surface area (Å²) in [6.07, 6.45) is 0. The first-order chi connectivity index (χ1) is 9.31. The molecule has 0 bridgehead atoms. The first-order valence-electron chi connectivity index (χ1n) is 6.40. The fraction of sp³-hybridized carbons (Fsp3) is 0.750. The molecular formula is C12H21N3O5. The van der Waals surface area contributed by atoms with Gasteiger partial charge >= 0.3 is 5.97 Å². The van der Waals surface area contributed by atoms with Gasteiger partial charge in [0.05, 0.1) is 12.1 Å². The maximum absolute atomic E-state index is 11.6. The van der Waals surface area contributed by atoms with Crippen LogP contribution in [0.4, 0.5) is 0 Å². The third-order valence-corrected chi connectivity index (χ3v) is 2.85. The number of hydrogen-bond donors (Lipinski definition) is 3. The second-order valence-corrected chi connectivity index (χ2v) is 5.11. The number of carboxylic acid groups (broad SMARTS) is 1. The van der Waals surface area contributed by atoms with Crippen LogP contribution in [0.25, 0.3) is 0 Å². The highest BCUT2D eigenvalue weighted by Gasteiger charge is 2.40. The molecule has 0 aromatic rings. The summed E-state index contributed by atoms with van der Waals surface area (Å²) >= 11 is 0. The highest BCUT2D eigenvalue weighted by atomic mass is 16.5. The number of likely N-dealkylation sites (tertiary alicyclic amines) is 1. The molecule has 0 aromatic heterocycles. The summed E-state index contributed by atoms with van der Waals surface area (Å²) in [7, 11) is 0. The minimum Gasteiger partial charge on any atom is -0.480 e. The lowest BCUT2D eigenvalue weighted by molar-refractivity contribution is -0.166. The van der Waals surface area contributed by atoms with Crippen LogP contribution in [0.15, 0.2) is 0 Å². The zero-order valence-electron chi connectivity index (χ0n) is 11.8. The van der Waals surface area contributed by atoms with Crippen LogP contribution < -0.4 is 10.6 Å². The number of carbonyl (C=O) groups excluding carboxylic acids is 2. The third kappa shape index (κ3) is 5.98. The van der Waals surface area contributed by atoms with Gasteiger partial charge in [0.25, 0.3) is 0 Å². The number of nitrogens with one attached hydrogen (secondary N) is 2. The molecule has 1 heterocycles. The average Bonchev–Trinajstić information content (AvgIpc) is 2.30. The van der Waals surface area contributed by atoms with Crippen LogP contribution >= 0.6 is 0 Å². The van der Waals surface area contributed by atoms with Gasteiger partial charge in [0.2, 0.25) is 11.8 Å². The standard InChI is InChI=1S/C12H21N3O5/c1-9(16)13-3-4-14-10(17)5-15-7-12(2,8-15)20-6-11(18)19/h3-8H2,1-2H3,(H,13,16)(H,14,17)(H,18,19). The number of nitrogens with zero attached hydrogens (tertiary/aromatic N) is 1. The van der Waals surface area contributed by atoms with E-state index in [0.717, 1.165) is 0 Å². The number of ether oxygens (including phenoxy) is 1. The largest absolute Gasteiger partial charge is 0.480 e. The Hall–Kier alpha value is -1.67. The molecule has 0 spiro atoms. The minimum atomic E-state index is -1.000. The Morgan fingerprint density at radius 2 is 1.85 bits per heavy atom. The van der Waals surface area contributed by atoms with E-state index in [-0.39, 0.29) is 25.0 Å². The normalized spacial score (nSPS) is 17.1. The van der Waals surface area contributed by atoms with Gasteiger partial charge in [-0.25, -0.2) is 4.79 Å². The zero-order valence-corrected chi connectivity index (χ0v) is 11.8. The van der Waals surface area contributed by atoms with E-state index in [1.54, 1.807) is 0 Å². The van der Waals surface area contributed by atoms with Gasteiger partial charge in [0.15, 0.2) is 0 Å². The van der Waals surface area contributed by atoms with E-state index in [1.165, 1.54) is 6.92 Å². The van der Waals surface area contributed by atoms with E-state index in [9.17, 15) is 14.4 Å². The second kappa shape index (κ2) is 7.20. The smallest absolute Gasteiger partial charge is 0.329 e. The molecule has 0 unspecified atom stereocenters. The van der Waals surface area contributed by atoms with Gasteiger partial charge in [-0.15, -0.1) is 0 Å². The molecule has 114 valence electrons. The summed E-state index contributed by atoms with van der Waals surface area (Å²) in [5.41, 5.74) is -0.491. The minimum absolute atomic E-state index is 0.129. The molecule has 0 aliphatic carbocycles. The van der Waals surface area contributed by atoms with Gasteiger partial charge in [-0.05, 0) is 6.92 Å². The van der Waals surface area contributed by atoms with Gasteiger partial charge in [-0.2, -0.15) is 0 Å². The van der Waals surface area contributed by atoms with E-state index in [0.29, 0.717) is 26.2 Å². The number of rotatable bonds is 8. The summed E-state index contributed by atoms with van der Waals surface area (Å²) in [6, 6.07) is 0. The van der Waals surface area contributed by atoms with Crippen LogP contribution in [0.3, 0.4) is 0 Å². The van der Waals surface area contributed by atoms with Crippen molar-refractivity contribution in [2.75, 3.05) is 39.3 Å². The fourth-order valence-electron chi connectivity index (χ4n) is 2.04. The fourth-order valence-corrected chi connectivity index (χ4v) is 2.04. The molecule has 1 rings (SSSR count). The van der Waals surface area contributed by atoms with Crippen molar-refractivity contribution in [2.45, 2.75) is 19.4 Å². The third-order valence-electron chi connectivity index (χ3n) is 2.85. The SMILES string of the molecule is CC(=O)NCCNC(=O)CN1CC(C)(OCC(=O)O)C1.